The quantitative estimate of drug-likeness (QED) is 0.767. The molecule has 5 nitrogen and oxygen atoms in total. The topological polar surface area (TPSA) is 68.0 Å². The van der Waals surface area contributed by atoms with Crippen molar-refractivity contribution in [2.75, 3.05) is 0 Å². The average Bonchev–Trinajstić information content (AvgIpc) is 3.33. The lowest BCUT2D eigenvalue weighted by Crippen LogP contribution is -2.25. The summed E-state index contributed by atoms with van der Waals surface area (Å²) in [6.07, 6.45) is 2.17. The summed E-state index contributed by atoms with van der Waals surface area (Å²) in [4.78, 5) is 16.7. The van der Waals surface area contributed by atoms with Gasteiger partial charge in [0.2, 0.25) is 11.7 Å². The second-order valence-corrected chi connectivity index (χ2v) is 6.94. The molecule has 1 fully saturated rings. The largest absolute Gasteiger partial charge is 0.349 e. The van der Waals surface area contributed by atoms with Gasteiger partial charge in [0.05, 0.1) is 0 Å². The SMILES string of the molecule is Cc1nc(-c2ccc(-c3cc(C(=O)NC4CC4)ccc3C)c(C)c2)no1. The molecule has 0 aliphatic heterocycles. The Labute approximate surface area is 152 Å². The van der Waals surface area contributed by atoms with Crippen molar-refractivity contribution in [3.05, 3.63) is 59.0 Å². The molecule has 132 valence electrons. The summed E-state index contributed by atoms with van der Waals surface area (Å²) in [6, 6.07) is 12.3. The van der Waals surface area contributed by atoms with Gasteiger partial charge in [-0.2, -0.15) is 4.98 Å². The van der Waals surface area contributed by atoms with Crippen molar-refractivity contribution in [2.45, 2.75) is 39.7 Å². The van der Waals surface area contributed by atoms with Crippen LogP contribution in [0, 0.1) is 20.8 Å². The Balaban J connectivity index is 1.69. The van der Waals surface area contributed by atoms with Crippen LogP contribution in [0.15, 0.2) is 40.9 Å². The van der Waals surface area contributed by atoms with Gasteiger partial charge >= 0.3 is 0 Å². The van der Waals surface area contributed by atoms with Crippen LogP contribution in [-0.2, 0) is 0 Å². The van der Waals surface area contributed by atoms with Crippen LogP contribution in [-0.4, -0.2) is 22.1 Å². The highest BCUT2D eigenvalue weighted by Gasteiger charge is 2.24. The van der Waals surface area contributed by atoms with E-state index in [0.717, 1.165) is 40.7 Å². The molecule has 0 unspecified atom stereocenters. The molecule has 0 bridgehead atoms. The van der Waals surface area contributed by atoms with Gasteiger partial charge in [-0.3, -0.25) is 4.79 Å². The van der Waals surface area contributed by atoms with Crippen molar-refractivity contribution < 1.29 is 9.32 Å². The van der Waals surface area contributed by atoms with Crippen molar-refractivity contribution in [3.8, 4) is 22.5 Å². The number of aromatic nitrogens is 2. The molecule has 1 heterocycles. The summed E-state index contributed by atoms with van der Waals surface area (Å²) in [5.74, 6) is 1.14. The highest BCUT2D eigenvalue weighted by molar-refractivity contribution is 5.96. The minimum atomic E-state index is 0.00490. The summed E-state index contributed by atoms with van der Waals surface area (Å²) in [7, 11) is 0. The molecule has 4 rings (SSSR count). The number of rotatable bonds is 4. The normalized spacial score (nSPS) is 13.7. The number of hydrogen-bond donors (Lipinski definition) is 1. The Kier molecular flexibility index (Phi) is 4.07. The van der Waals surface area contributed by atoms with Crippen LogP contribution in [0.25, 0.3) is 22.5 Å². The van der Waals surface area contributed by atoms with Gasteiger partial charge in [0.1, 0.15) is 0 Å². The van der Waals surface area contributed by atoms with Crippen molar-refractivity contribution in [1.82, 2.24) is 15.5 Å². The summed E-state index contributed by atoms with van der Waals surface area (Å²) in [6.45, 7) is 5.90. The van der Waals surface area contributed by atoms with Gasteiger partial charge in [0.25, 0.3) is 5.91 Å². The van der Waals surface area contributed by atoms with Crippen LogP contribution in [0.4, 0.5) is 0 Å². The van der Waals surface area contributed by atoms with Crippen LogP contribution in [0.1, 0.15) is 40.2 Å². The second-order valence-electron chi connectivity index (χ2n) is 6.94. The standard InChI is InChI=1S/C21H21N3O2/c1-12-4-5-16(21(25)23-17-7-8-17)11-19(12)18-9-6-15(10-13(18)2)20-22-14(3)26-24-20/h4-6,9-11,17H,7-8H2,1-3H3,(H,23,25). The average molecular weight is 347 g/mol. The lowest BCUT2D eigenvalue weighted by Gasteiger charge is -2.12. The lowest BCUT2D eigenvalue weighted by molar-refractivity contribution is 0.0951. The first-order valence-corrected chi connectivity index (χ1v) is 8.84. The number of carbonyl (C=O) groups is 1. The molecule has 1 aliphatic rings. The third-order valence-electron chi connectivity index (χ3n) is 4.71. The Morgan fingerprint density at radius 2 is 1.85 bits per heavy atom. The predicted octanol–water partition coefficient (Wildman–Crippen LogP) is 4.22. The molecular formula is C21H21N3O2. The summed E-state index contributed by atoms with van der Waals surface area (Å²) < 4.78 is 5.07. The van der Waals surface area contributed by atoms with E-state index in [2.05, 4.69) is 41.4 Å². The molecule has 1 saturated carbocycles. The monoisotopic (exact) mass is 347 g/mol. The molecule has 5 heteroatoms. The van der Waals surface area contributed by atoms with Crippen molar-refractivity contribution in [1.29, 1.82) is 0 Å². The van der Waals surface area contributed by atoms with Crippen molar-refractivity contribution >= 4 is 5.91 Å². The fourth-order valence-electron chi connectivity index (χ4n) is 3.07. The Morgan fingerprint density at radius 1 is 1.04 bits per heavy atom. The molecule has 0 saturated heterocycles. The highest BCUT2D eigenvalue weighted by Crippen LogP contribution is 2.31. The molecule has 26 heavy (non-hydrogen) atoms. The van der Waals surface area contributed by atoms with E-state index in [-0.39, 0.29) is 5.91 Å². The summed E-state index contributed by atoms with van der Waals surface area (Å²) in [5, 5.41) is 7.03. The first-order valence-electron chi connectivity index (χ1n) is 8.84. The third-order valence-corrected chi connectivity index (χ3v) is 4.71. The maximum absolute atomic E-state index is 12.4. The fraction of sp³-hybridized carbons (Fsp3) is 0.286. The highest BCUT2D eigenvalue weighted by atomic mass is 16.5. The summed E-state index contributed by atoms with van der Waals surface area (Å²) >= 11 is 0. The van der Waals surface area contributed by atoms with Gasteiger partial charge in [-0.05, 0) is 67.1 Å². The zero-order chi connectivity index (χ0) is 18.3. The molecule has 1 amide bonds. The van der Waals surface area contributed by atoms with E-state index in [9.17, 15) is 4.79 Å². The Hall–Kier alpha value is -2.95. The molecule has 1 aliphatic carbocycles. The molecule has 3 aromatic rings. The van der Waals surface area contributed by atoms with Crippen molar-refractivity contribution in [3.63, 3.8) is 0 Å². The smallest absolute Gasteiger partial charge is 0.251 e. The number of nitrogens with one attached hydrogen (secondary N) is 1. The lowest BCUT2D eigenvalue weighted by atomic mass is 9.93. The van der Waals surface area contributed by atoms with E-state index in [1.807, 2.05) is 24.3 Å². The van der Waals surface area contributed by atoms with E-state index < -0.39 is 0 Å². The number of hydrogen-bond acceptors (Lipinski definition) is 4. The molecule has 0 atom stereocenters. The van der Waals surface area contributed by atoms with E-state index in [4.69, 9.17) is 4.52 Å². The van der Waals surface area contributed by atoms with Gasteiger partial charge in [-0.25, -0.2) is 0 Å². The molecule has 1 aromatic heterocycles. The first-order chi connectivity index (χ1) is 12.5. The first kappa shape index (κ1) is 16.5. The minimum Gasteiger partial charge on any atom is -0.349 e. The van der Waals surface area contributed by atoms with Crippen LogP contribution in [0.2, 0.25) is 0 Å². The number of nitrogens with zero attached hydrogens (tertiary/aromatic N) is 2. The van der Waals surface area contributed by atoms with E-state index >= 15 is 0 Å². The Morgan fingerprint density at radius 3 is 2.50 bits per heavy atom. The van der Waals surface area contributed by atoms with Gasteiger partial charge in [-0.1, -0.05) is 23.4 Å². The van der Waals surface area contributed by atoms with Crippen LogP contribution < -0.4 is 5.32 Å². The van der Waals surface area contributed by atoms with Crippen LogP contribution in [0.3, 0.4) is 0 Å². The molecular weight excluding hydrogens is 326 g/mol. The Bertz CT molecular complexity index is 987. The number of aryl methyl sites for hydroxylation is 3. The fourth-order valence-corrected chi connectivity index (χ4v) is 3.07. The van der Waals surface area contributed by atoms with Crippen molar-refractivity contribution in [2.24, 2.45) is 0 Å². The van der Waals surface area contributed by atoms with E-state index in [1.54, 1.807) is 6.92 Å². The zero-order valence-electron chi connectivity index (χ0n) is 15.2. The van der Waals surface area contributed by atoms with Crippen LogP contribution in [0.5, 0.6) is 0 Å². The van der Waals surface area contributed by atoms with E-state index in [0.29, 0.717) is 23.3 Å². The van der Waals surface area contributed by atoms with Gasteiger partial charge in [0.15, 0.2) is 0 Å². The van der Waals surface area contributed by atoms with Gasteiger partial charge in [-0.15, -0.1) is 0 Å². The van der Waals surface area contributed by atoms with Gasteiger partial charge in [0, 0.05) is 24.1 Å². The minimum absolute atomic E-state index is 0.00490. The third kappa shape index (κ3) is 3.25. The maximum atomic E-state index is 12.4. The maximum Gasteiger partial charge on any atom is 0.251 e. The molecule has 2 aromatic carbocycles. The molecule has 1 N–H and O–H groups in total. The van der Waals surface area contributed by atoms with E-state index in [1.165, 1.54) is 0 Å². The summed E-state index contributed by atoms with van der Waals surface area (Å²) in [5.41, 5.74) is 6.04. The molecule has 0 radical (unpaired) electrons. The zero-order valence-corrected chi connectivity index (χ0v) is 15.2. The van der Waals surface area contributed by atoms with Gasteiger partial charge < -0.3 is 9.84 Å². The molecule has 0 spiro atoms. The number of carbonyl (C=O) groups excluding carboxylic acids is 1. The van der Waals surface area contributed by atoms with Crippen LogP contribution >= 0.6 is 0 Å². The number of benzene rings is 2. The predicted molar refractivity (Wildman–Crippen MR) is 99.9 cm³/mol. The number of amides is 1. The second kappa shape index (κ2) is 6.41.